The standard InChI is InChI=1S/C52H28F2O/c53-44-26-13-27-45(54)51(44)50-39-22-10-6-18-35(39)48(36-19-7-11-23-40(36)50)32-28-29-46-43(30-32)41-24-12-25-42(52(41)55-46)49-37-20-8-4-16-33(37)47(31-14-2-1-3-15-31)34-17-5-9-21-38(34)49/h1-12,14-26,28-30H. The first-order chi connectivity index (χ1) is 27.2. The van der Waals surface area contributed by atoms with Gasteiger partial charge in [-0.15, -0.1) is 0 Å². The van der Waals surface area contributed by atoms with Crippen LogP contribution in [-0.4, -0.2) is 0 Å². The van der Waals surface area contributed by atoms with E-state index in [1.54, 1.807) is 0 Å². The van der Waals surface area contributed by atoms with Gasteiger partial charge in [-0.25, -0.2) is 4.39 Å². The van der Waals surface area contributed by atoms with Crippen molar-refractivity contribution >= 4 is 65.0 Å². The van der Waals surface area contributed by atoms with Crippen molar-refractivity contribution in [1.29, 1.82) is 0 Å². The summed E-state index contributed by atoms with van der Waals surface area (Å²) in [7, 11) is 0. The molecule has 1 heterocycles. The van der Waals surface area contributed by atoms with Crippen LogP contribution in [0.5, 0.6) is 0 Å². The smallest absolute Gasteiger partial charge is 0.184 e. The second-order valence-corrected chi connectivity index (χ2v) is 14.0. The Labute approximate surface area is 315 Å². The van der Waals surface area contributed by atoms with Gasteiger partial charge in [-0.05, 0) is 83.5 Å². The van der Waals surface area contributed by atoms with E-state index < -0.39 is 11.6 Å². The first-order valence-electron chi connectivity index (χ1n) is 18.3. The van der Waals surface area contributed by atoms with Crippen molar-refractivity contribution in [3.05, 3.63) is 194 Å². The molecule has 1 nitrogen and oxygen atoms in total. The largest absolute Gasteiger partial charge is 0.455 e. The molecule has 3 heteroatoms. The van der Waals surface area contributed by atoms with Crippen molar-refractivity contribution in [3.63, 3.8) is 0 Å². The molecule has 0 aliphatic rings. The number of hydrogen-bond donors (Lipinski definition) is 0. The van der Waals surface area contributed by atoms with Crippen LogP contribution >= 0.6 is 0 Å². The Hall–Kier alpha value is -7.28. The number of benzene rings is 9. The Morgan fingerprint density at radius 3 is 1.44 bits per heavy atom. The molecule has 0 saturated carbocycles. The summed E-state index contributed by atoms with van der Waals surface area (Å²) < 4.78 is 37.6. The van der Waals surface area contributed by atoms with Gasteiger partial charge in [0.2, 0.25) is 0 Å². The highest BCUT2D eigenvalue weighted by Gasteiger charge is 2.23. The highest BCUT2D eigenvalue weighted by Crippen LogP contribution is 2.48. The molecule has 1 aromatic heterocycles. The van der Waals surface area contributed by atoms with E-state index in [-0.39, 0.29) is 5.56 Å². The van der Waals surface area contributed by atoms with Crippen LogP contribution < -0.4 is 0 Å². The van der Waals surface area contributed by atoms with Crippen LogP contribution in [0.2, 0.25) is 0 Å². The van der Waals surface area contributed by atoms with Gasteiger partial charge in [0.05, 0.1) is 5.56 Å². The van der Waals surface area contributed by atoms with Crippen molar-refractivity contribution in [2.75, 3.05) is 0 Å². The molecular formula is C52H28F2O. The summed E-state index contributed by atoms with van der Waals surface area (Å²) >= 11 is 0. The number of para-hydroxylation sites is 1. The number of halogens is 2. The molecule has 0 bridgehead atoms. The molecule has 0 fully saturated rings. The Bertz CT molecular complexity index is 3210. The van der Waals surface area contributed by atoms with E-state index in [4.69, 9.17) is 4.42 Å². The summed E-state index contributed by atoms with van der Waals surface area (Å²) in [5, 5.41) is 10.0. The molecule has 0 spiro atoms. The van der Waals surface area contributed by atoms with Gasteiger partial charge in [-0.3, -0.25) is 0 Å². The monoisotopic (exact) mass is 706 g/mol. The van der Waals surface area contributed by atoms with Gasteiger partial charge >= 0.3 is 0 Å². The van der Waals surface area contributed by atoms with Crippen LogP contribution in [0, 0.1) is 23.8 Å². The molecule has 0 amide bonds. The van der Waals surface area contributed by atoms with Gasteiger partial charge in [-0.2, -0.15) is 4.39 Å². The van der Waals surface area contributed by atoms with Gasteiger partial charge in [0.15, 0.2) is 5.82 Å². The van der Waals surface area contributed by atoms with Crippen LogP contribution in [-0.2, 0) is 0 Å². The van der Waals surface area contributed by atoms with Crippen LogP contribution in [0.15, 0.2) is 174 Å². The fraction of sp³-hybridized carbons (Fsp3) is 0. The maximum Gasteiger partial charge on any atom is 0.184 e. The van der Waals surface area contributed by atoms with E-state index in [1.807, 2.05) is 54.6 Å². The van der Waals surface area contributed by atoms with E-state index in [0.717, 1.165) is 82.6 Å². The molecule has 0 radical (unpaired) electrons. The Kier molecular flexibility index (Phi) is 6.90. The fourth-order valence-corrected chi connectivity index (χ4v) is 8.83. The van der Waals surface area contributed by atoms with Crippen molar-refractivity contribution in [2.45, 2.75) is 0 Å². The lowest BCUT2D eigenvalue weighted by molar-refractivity contribution is 0.591. The maximum absolute atomic E-state index is 15.4. The lowest BCUT2D eigenvalue weighted by Gasteiger charge is -2.18. The van der Waals surface area contributed by atoms with E-state index in [1.165, 1.54) is 21.9 Å². The zero-order chi connectivity index (χ0) is 36.6. The first-order valence-corrected chi connectivity index (χ1v) is 18.3. The molecule has 0 N–H and O–H groups in total. The molecule has 11 aromatic rings. The Morgan fingerprint density at radius 1 is 0.382 bits per heavy atom. The van der Waals surface area contributed by atoms with Gasteiger partial charge in [0.1, 0.15) is 17.0 Å². The van der Waals surface area contributed by atoms with E-state index in [9.17, 15) is 0 Å². The molecule has 0 atom stereocenters. The predicted octanol–water partition coefficient (Wildman–Crippen LogP) is 14.7. The minimum absolute atomic E-state index is 0.0987. The number of furan rings is 1. The third kappa shape index (κ3) is 4.65. The summed E-state index contributed by atoms with van der Waals surface area (Å²) in [5.74, 6) is -1.43. The molecule has 0 aliphatic carbocycles. The predicted molar refractivity (Wildman–Crippen MR) is 223 cm³/mol. The normalized spacial score (nSPS) is 11.7. The lowest BCUT2D eigenvalue weighted by atomic mass is 9.85. The van der Waals surface area contributed by atoms with Gasteiger partial charge < -0.3 is 4.42 Å². The SMILES string of the molecule is Fc1c#ccc(F)c1-c1c2ccccc2c(-c2ccc3oc4c(-c5c6ccccc6c(-c6ccccc6)c6ccccc56)cccc4c3c2)c2ccccc12. The third-order valence-corrected chi connectivity index (χ3v) is 11.1. The zero-order valence-corrected chi connectivity index (χ0v) is 29.3. The minimum atomic E-state index is -0.764. The van der Waals surface area contributed by atoms with Crippen LogP contribution in [0.25, 0.3) is 110 Å². The highest BCUT2D eigenvalue weighted by molar-refractivity contribution is 6.25. The van der Waals surface area contributed by atoms with Crippen LogP contribution in [0.3, 0.4) is 0 Å². The highest BCUT2D eigenvalue weighted by atomic mass is 19.1. The first kappa shape index (κ1) is 31.3. The maximum atomic E-state index is 15.4. The number of rotatable bonds is 4. The molecule has 0 saturated heterocycles. The minimum Gasteiger partial charge on any atom is -0.455 e. The topological polar surface area (TPSA) is 13.1 Å². The Morgan fingerprint density at radius 2 is 0.873 bits per heavy atom. The average molecular weight is 707 g/mol. The van der Waals surface area contributed by atoms with Crippen molar-refractivity contribution in [3.8, 4) is 44.5 Å². The van der Waals surface area contributed by atoms with E-state index >= 15 is 8.78 Å². The molecule has 256 valence electrons. The Balaban J connectivity index is 1.18. The molecule has 0 unspecified atom stereocenters. The average Bonchev–Trinajstić information content (AvgIpc) is 3.61. The summed E-state index contributed by atoms with van der Waals surface area (Å²) in [4.78, 5) is 0. The van der Waals surface area contributed by atoms with Crippen LogP contribution in [0.4, 0.5) is 8.78 Å². The van der Waals surface area contributed by atoms with Crippen molar-refractivity contribution in [1.82, 2.24) is 0 Å². The molecule has 55 heavy (non-hydrogen) atoms. The third-order valence-electron chi connectivity index (χ3n) is 11.1. The van der Waals surface area contributed by atoms with Crippen molar-refractivity contribution < 1.29 is 13.2 Å². The van der Waals surface area contributed by atoms with Gasteiger partial charge in [0, 0.05) is 33.5 Å². The fourth-order valence-electron chi connectivity index (χ4n) is 8.83. The number of fused-ring (bicyclic) bond motifs is 7. The summed E-state index contributed by atoms with van der Waals surface area (Å²) in [6.45, 7) is 0. The van der Waals surface area contributed by atoms with E-state index in [2.05, 4.69) is 121 Å². The summed E-state index contributed by atoms with van der Waals surface area (Å²) in [6, 6.07) is 62.4. The summed E-state index contributed by atoms with van der Waals surface area (Å²) in [5.41, 5.74) is 8.56. The second-order valence-electron chi connectivity index (χ2n) is 14.0. The van der Waals surface area contributed by atoms with Crippen LogP contribution in [0.1, 0.15) is 0 Å². The molecule has 10 aromatic carbocycles. The zero-order valence-electron chi connectivity index (χ0n) is 29.3. The molecule has 11 rings (SSSR count). The van der Waals surface area contributed by atoms with E-state index in [0.29, 0.717) is 5.56 Å². The summed E-state index contributed by atoms with van der Waals surface area (Å²) in [6.07, 6.45) is 0. The molecular weight excluding hydrogens is 679 g/mol. The number of hydrogen-bond acceptors (Lipinski definition) is 1. The molecule has 0 aliphatic heterocycles. The quantitative estimate of drug-likeness (QED) is 0.166. The van der Waals surface area contributed by atoms with Gasteiger partial charge in [0.25, 0.3) is 0 Å². The van der Waals surface area contributed by atoms with Gasteiger partial charge in [-0.1, -0.05) is 158 Å². The lowest BCUT2D eigenvalue weighted by Crippen LogP contribution is -1.94. The van der Waals surface area contributed by atoms with Crippen molar-refractivity contribution in [2.24, 2.45) is 0 Å². The second kappa shape index (κ2) is 12.1.